The van der Waals surface area contributed by atoms with Gasteiger partial charge in [-0.15, -0.1) is 11.3 Å². The third-order valence-corrected chi connectivity index (χ3v) is 3.72. The number of aliphatic hydroxyl groups is 1. The molecule has 0 saturated carbocycles. The molecular formula is C12H15NOS. The predicted octanol–water partition coefficient (Wildman–Crippen LogP) is 2.86. The quantitative estimate of drug-likeness (QED) is 0.864. The van der Waals surface area contributed by atoms with Crippen molar-refractivity contribution >= 4 is 21.6 Å². The second-order valence-corrected chi connectivity index (χ2v) is 5.11. The van der Waals surface area contributed by atoms with Crippen LogP contribution >= 0.6 is 11.3 Å². The molecule has 3 heteroatoms. The second-order valence-electron chi connectivity index (χ2n) is 4.00. The zero-order valence-corrected chi connectivity index (χ0v) is 9.79. The van der Waals surface area contributed by atoms with Crippen molar-refractivity contribution in [3.05, 3.63) is 29.3 Å². The fraction of sp³-hybridized carbons (Fsp3) is 0.417. The molecule has 0 aliphatic carbocycles. The molecule has 2 rings (SSSR count). The molecular weight excluding hydrogens is 206 g/mol. The van der Waals surface area contributed by atoms with Crippen LogP contribution in [0.5, 0.6) is 0 Å². The number of benzene rings is 1. The monoisotopic (exact) mass is 221 g/mol. The smallest absolute Gasteiger partial charge is 0.0942 e. The molecule has 1 aromatic carbocycles. The number of aliphatic hydroxyl groups excluding tert-OH is 1. The zero-order chi connectivity index (χ0) is 10.8. The molecule has 0 bridgehead atoms. The van der Waals surface area contributed by atoms with Crippen LogP contribution in [-0.4, -0.2) is 16.2 Å². The predicted molar refractivity (Wildman–Crippen MR) is 64.2 cm³/mol. The number of nitrogens with zero attached hydrogens (tertiary/aromatic N) is 1. The summed E-state index contributed by atoms with van der Waals surface area (Å²) in [5.74, 6) is 0.269. The molecule has 1 aromatic heterocycles. The van der Waals surface area contributed by atoms with Crippen molar-refractivity contribution in [2.45, 2.75) is 26.4 Å². The van der Waals surface area contributed by atoms with Gasteiger partial charge in [0.2, 0.25) is 0 Å². The maximum atomic E-state index is 9.43. The van der Waals surface area contributed by atoms with Gasteiger partial charge in [0.1, 0.15) is 0 Å². The lowest BCUT2D eigenvalue weighted by molar-refractivity contribution is 0.135. The highest BCUT2D eigenvalue weighted by Gasteiger charge is 2.12. The third-order valence-electron chi connectivity index (χ3n) is 2.66. The van der Waals surface area contributed by atoms with Crippen LogP contribution in [0.3, 0.4) is 0 Å². The minimum absolute atomic E-state index is 0.267. The Morgan fingerprint density at radius 2 is 2.07 bits per heavy atom. The van der Waals surface area contributed by atoms with E-state index in [-0.39, 0.29) is 12.0 Å². The lowest BCUT2D eigenvalue weighted by Gasteiger charge is -2.11. The first kappa shape index (κ1) is 10.6. The Hall–Kier alpha value is -0.930. The molecule has 80 valence electrons. The number of rotatable bonds is 3. The number of para-hydroxylation sites is 1. The van der Waals surface area contributed by atoms with E-state index >= 15 is 0 Å². The lowest BCUT2D eigenvalue weighted by Crippen LogP contribution is -2.15. The van der Waals surface area contributed by atoms with Gasteiger partial charge in [-0.2, -0.15) is 0 Å². The molecule has 0 aliphatic rings. The maximum Gasteiger partial charge on any atom is 0.0942 e. The van der Waals surface area contributed by atoms with Gasteiger partial charge in [0.05, 0.1) is 21.3 Å². The van der Waals surface area contributed by atoms with Crippen molar-refractivity contribution in [1.82, 2.24) is 4.98 Å². The van der Waals surface area contributed by atoms with Crippen molar-refractivity contribution < 1.29 is 5.11 Å². The molecule has 0 aliphatic heterocycles. The number of thiazole rings is 1. The van der Waals surface area contributed by atoms with Crippen LogP contribution in [-0.2, 0) is 6.42 Å². The summed E-state index contributed by atoms with van der Waals surface area (Å²) in [6.07, 6.45) is 0.591. The fourth-order valence-electron chi connectivity index (χ4n) is 1.45. The largest absolute Gasteiger partial charge is 0.393 e. The third kappa shape index (κ3) is 2.36. The van der Waals surface area contributed by atoms with Gasteiger partial charge in [0.25, 0.3) is 0 Å². The molecule has 0 spiro atoms. The molecule has 15 heavy (non-hydrogen) atoms. The fourth-order valence-corrected chi connectivity index (χ4v) is 2.56. The summed E-state index contributed by atoms with van der Waals surface area (Å²) in [6.45, 7) is 3.88. The Labute approximate surface area is 93.6 Å². The summed E-state index contributed by atoms with van der Waals surface area (Å²) in [7, 11) is 0. The van der Waals surface area contributed by atoms with Crippen molar-refractivity contribution in [1.29, 1.82) is 0 Å². The van der Waals surface area contributed by atoms with Gasteiger partial charge in [-0.05, 0) is 25.0 Å². The van der Waals surface area contributed by atoms with E-state index in [2.05, 4.69) is 18.0 Å². The Kier molecular flexibility index (Phi) is 3.03. The van der Waals surface area contributed by atoms with E-state index in [1.807, 2.05) is 25.1 Å². The number of hydrogen-bond donors (Lipinski definition) is 1. The number of aromatic nitrogens is 1. The molecule has 2 unspecified atom stereocenters. The van der Waals surface area contributed by atoms with Crippen LogP contribution in [0, 0.1) is 5.92 Å². The molecule has 1 N–H and O–H groups in total. The zero-order valence-electron chi connectivity index (χ0n) is 8.97. The van der Waals surface area contributed by atoms with Crippen LogP contribution in [0.2, 0.25) is 0 Å². The maximum absolute atomic E-state index is 9.43. The van der Waals surface area contributed by atoms with E-state index < -0.39 is 0 Å². The van der Waals surface area contributed by atoms with Crippen LogP contribution in [0.4, 0.5) is 0 Å². The van der Waals surface area contributed by atoms with Crippen molar-refractivity contribution in [2.75, 3.05) is 0 Å². The van der Waals surface area contributed by atoms with E-state index in [1.54, 1.807) is 11.3 Å². The summed E-state index contributed by atoms with van der Waals surface area (Å²) in [6, 6.07) is 8.15. The Morgan fingerprint density at radius 1 is 1.33 bits per heavy atom. The number of fused-ring (bicyclic) bond motifs is 1. The van der Waals surface area contributed by atoms with Crippen LogP contribution in [0.15, 0.2) is 24.3 Å². The van der Waals surface area contributed by atoms with Gasteiger partial charge in [0.15, 0.2) is 0 Å². The summed E-state index contributed by atoms with van der Waals surface area (Å²) >= 11 is 1.72. The van der Waals surface area contributed by atoms with Gasteiger partial charge in [-0.25, -0.2) is 4.98 Å². The Bertz CT molecular complexity index is 417. The molecule has 1 heterocycles. The summed E-state index contributed by atoms with van der Waals surface area (Å²) in [5, 5.41) is 10.5. The average Bonchev–Trinajstić information content (AvgIpc) is 2.59. The SMILES string of the molecule is CC(O)C(C)Cc1nc2ccccc2s1. The van der Waals surface area contributed by atoms with E-state index in [0.717, 1.165) is 16.9 Å². The van der Waals surface area contributed by atoms with Crippen molar-refractivity contribution in [3.8, 4) is 0 Å². The minimum atomic E-state index is -0.267. The molecule has 2 nitrogen and oxygen atoms in total. The highest BCUT2D eigenvalue weighted by atomic mass is 32.1. The standard InChI is InChI=1S/C12H15NOS/c1-8(9(2)14)7-12-13-10-5-3-4-6-11(10)15-12/h3-6,8-9,14H,7H2,1-2H3. The minimum Gasteiger partial charge on any atom is -0.393 e. The number of hydrogen-bond acceptors (Lipinski definition) is 3. The summed E-state index contributed by atoms with van der Waals surface area (Å²) < 4.78 is 1.23. The molecule has 0 saturated heterocycles. The van der Waals surface area contributed by atoms with Gasteiger partial charge in [-0.3, -0.25) is 0 Å². The second kappa shape index (κ2) is 4.29. The van der Waals surface area contributed by atoms with E-state index in [9.17, 15) is 5.11 Å². The van der Waals surface area contributed by atoms with E-state index in [4.69, 9.17) is 0 Å². The highest BCUT2D eigenvalue weighted by Crippen LogP contribution is 2.24. The Balaban J connectivity index is 2.22. The Morgan fingerprint density at radius 3 is 2.73 bits per heavy atom. The molecule has 0 amide bonds. The first-order valence-electron chi connectivity index (χ1n) is 5.19. The first-order chi connectivity index (χ1) is 7.16. The van der Waals surface area contributed by atoms with E-state index in [0.29, 0.717) is 0 Å². The van der Waals surface area contributed by atoms with Gasteiger partial charge in [-0.1, -0.05) is 19.1 Å². The highest BCUT2D eigenvalue weighted by molar-refractivity contribution is 7.18. The van der Waals surface area contributed by atoms with Gasteiger partial charge < -0.3 is 5.11 Å². The molecule has 2 aromatic rings. The topological polar surface area (TPSA) is 33.1 Å². The van der Waals surface area contributed by atoms with Gasteiger partial charge >= 0.3 is 0 Å². The van der Waals surface area contributed by atoms with Crippen molar-refractivity contribution in [3.63, 3.8) is 0 Å². The van der Waals surface area contributed by atoms with Crippen LogP contribution < -0.4 is 0 Å². The van der Waals surface area contributed by atoms with Gasteiger partial charge in [0, 0.05) is 6.42 Å². The van der Waals surface area contributed by atoms with Crippen LogP contribution in [0.25, 0.3) is 10.2 Å². The van der Waals surface area contributed by atoms with E-state index in [1.165, 1.54) is 4.70 Å². The summed E-state index contributed by atoms with van der Waals surface area (Å²) in [5.41, 5.74) is 1.07. The van der Waals surface area contributed by atoms with Crippen molar-refractivity contribution in [2.24, 2.45) is 5.92 Å². The lowest BCUT2D eigenvalue weighted by atomic mass is 10.0. The average molecular weight is 221 g/mol. The summed E-state index contributed by atoms with van der Waals surface area (Å²) in [4.78, 5) is 4.54. The normalized spacial score (nSPS) is 15.4. The first-order valence-corrected chi connectivity index (χ1v) is 6.01. The van der Waals surface area contributed by atoms with Crippen LogP contribution in [0.1, 0.15) is 18.9 Å². The molecule has 0 fully saturated rings. The molecule has 0 radical (unpaired) electrons. The molecule has 2 atom stereocenters.